The fourth-order valence-electron chi connectivity index (χ4n) is 4.44. The summed E-state index contributed by atoms with van der Waals surface area (Å²) in [6, 6.07) is 3.66. The maximum atomic E-state index is 13.6. The molecule has 0 bridgehead atoms. The number of fused-ring (bicyclic) bond motifs is 2. The summed E-state index contributed by atoms with van der Waals surface area (Å²) in [5.74, 6) is -4.18. The summed E-state index contributed by atoms with van der Waals surface area (Å²) in [6.45, 7) is 1.42. The first-order chi connectivity index (χ1) is 15.4. The van der Waals surface area contributed by atoms with Gasteiger partial charge in [-0.3, -0.25) is 19.6 Å². The molecule has 2 aromatic rings. The first kappa shape index (κ1) is 21.0. The summed E-state index contributed by atoms with van der Waals surface area (Å²) in [4.78, 5) is 38.7. The van der Waals surface area contributed by atoms with Crippen molar-refractivity contribution in [2.45, 2.75) is 61.9 Å². The topological polar surface area (TPSA) is 119 Å². The Kier molecular flexibility index (Phi) is 3.87. The second kappa shape index (κ2) is 6.09. The second-order valence-corrected chi connectivity index (χ2v) is 11.9. The molecule has 4 fully saturated rings. The molecular weight excluding hydrogens is 458 g/mol. The lowest BCUT2D eigenvalue weighted by atomic mass is 10.2. The van der Waals surface area contributed by atoms with E-state index in [1.807, 2.05) is 0 Å². The highest BCUT2D eigenvalue weighted by atomic mass is 32.2. The molecule has 0 radical (unpaired) electrons. The minimum absolute atomic E-state index is 0.0451. The zero-order valence-electron chi connectivity index (χ0n) is 17.7. The average molecular weight is 480 g/mol. The third-order valence-corrected chi connectivity index (χ3v) is 9.15. The van der Waals surface area contributed by atoms with Crippen LogP contribution in [-0.2, 0) is 21.4 Å². The number of hydrogen-bond donors (Lipinski definition) is 2. The molecule has 9 nitrogen and oxygen atoms in total. The molecule has 33 heavy (non-hydrogen) atoms. The predicted octanol–water partition coefficient (Wildman–Crippen LogP) is 1.13. The van der Waals surface area contributed by atoms with Crippen LogP contribution in [0.1, 0.15) is 39.0 Å². The van der Waals surface area contributed by atoms with Gasteiger partial charge in [0.25, 0.3) is 11.5 Å². The van der Waals surface area contributed by atoms with Gasteiger partial charge in [0.2, 0.25) is 15.9 Å². The molecule has 1 aromatic heterocycles. The molecule has 1 heterocycles. The van der Waals surface area contributed by atoms with Crippen molar-refractivity contribution in [1.29, 1.82) is 0 Å². The van der Waals surface area contributed by atoms with Crippen molar-refractivity contribution in [1.82, 2.24) is 14.0 Å². The average Bonchev–Trinajstić information content (AvgIpc) is 3.58. The maximum absolute atomic E-state index is 13.6. The molecule has 1 atom stereocenters. The Morgan fingerprint density at radius 2 is 1.82 bits per heavy atom. The molecule has 176 valence electrons. The fourth-order valence-corrected chi connectivity index (χ4v) is 5.93. The lowest BCUT2D eigenvalue weighted by Crippen LogP contribution is -2.48. The molecule has 0 aliphatic heterocycles. The minimum atomic E-state index is -3.95. The van der Waals surface area contributed by atoms with Gasteiger partial charge in [-0.05, 0) is 56.7 Å². The Bertz CT molecular complexity index is 1470. The Morgan fingerprint density at radius 3 is 2.36 bits per heavy atom. The fraction of sp³-hybridized carbons (Fsp3) is 0.571. The standard InChI is InChI=1S/C21H22F2N4O5S/c1-19(4-5-19)25-33(31,32)13-2-3-15-14(6-13)16(28)27(24-17(29)20-7-11(20)8-20)18(30)26(15)10-12-9-21(12,22)23/h2-3,6,11-12,25H,4-5,7-10H2,1H3,(H,24,29). The highest BCUT2D eigenvalue weighted by Crippen LogP contribution is 2.75. The van der Waals surface area contributed by atoms with E-state index in [2.05, 4.69) is 10.1 Å². The van der Waals surface area contributed by atoms with Gasteiger partial charge in [0.15, 0.2) is 0 Å². The van der Waals surface area contributed by atoms with E-state index in [0.29, 0.717) is 30.4 Å². The molecule has 2 N–H and O–H groups in total. The Labute approximate surface area is 186 Å². The van der Waals surface area contributed by atoms with Crippen LogP contribution in [0, 0.1) is 17.3 Å². The summed E-state index contributed by atoms with van der Waals surface area (Å²) in [7, 11) is -3.95. The minimum Gasteiger partial charge on any atom is -0.291 e. The van der Waals surface area contributed by atoms with Crippen LogP contribution < -0.4 is 21.4 Å². The molecule has 4 aliphatic rings. The summed E-state index contributed by atoms with van der Waals surface area (Å²) in [5, 5.41) is -0.150. The largest absolute Gasteiger partial charge is 0.350 e. The van der Waals surface area contributed by atoms with Crippen LogP contribution in [0.4, 0.5) is 8.78 Å². The van der Waals surface area contributed by atoms with E-state index in [1.54, 1.807) is 6.92 Å². The molecule has 1 amide bonds. The van der Waals surface area contributed by atoms with E-state index >= 15 is 0 Å². The number of sulfonamides is 1. The third kappa shape index (κ3) is 3.25. The van der Waals surface area contributed by atoms with Gasteiger partial charge in [-0.2, -0.15) is 4.68 Å². The predicted molar refractivity (Wildman–Crippen MR) is 113 cm³/mol. The van der Waals surface area contributed by atoms with Crippen LogP contribution >= 0.6 is 0 Å². The highest BCUT2D eigenvalue weighted by Gasteiger charge is 2.74. The van der Waals surface area contributed by atoms with Crippen molar-refractivity contribution in [3.8, 4) is 0 Å². The quantitative estimate of drug-likeness (QED) is 0.616. The number of hydrogen-bond acceptors (Lipinski definition) is 5. The number of nitrogens with one attached hydrogen (secondary N) is 2. The van der Waals surface area contributed by atoms with E-state index in [4.69, 9.17) is 0 Å². The van der Waals surface area contributed by atoms with Gasteiger partial charge >= 0.3 is 5.69 Å². The van der Waals surface area contributed by atoms with Gasteiger partial charge in [-0.1, -0.05) is 0 Å². The van der Waals surface area contributed by atoms with Crippen molar-refractivity contribution >= 4 is 26.8 Å². The molecule has 4 aliphatic carbocycles. The molecule has 0 saturated heterocycles. The van der Waals surface area contributed by atoms with Gasteiger partial charge in [0, 0.05) is 24.4 Å². The lowest BCUT2D eigenvalue weighted by Gasteiger charge is -2.17. The van der Waals surface area contributed by atoms with Gasteiger partial charge in [-0.15, -0.1) is 0 Å². The summed E-state index contributed by atoms with van der Waals surface area (Å²) >= 11 is 0. The Hall–Kier alpha value is -2.60. The molecule has 4 saturated carbocycles. The van der Waals surface area contributed by atoms with Gasteiger partial charge in [0.05, 0.1) is 21.2 Å². The normalized spacial score (nSPS) is 29.9. The van der Waals surface area contributed by atoms with Gasteiger partial charge < -0.3 is 0 Å². The van der Waals surface area contributed by atoms with E-state index in [-0.39, 0.29) is 34.7 Å². The van der Waals surface area contributed by atoms with Crippen LogP contribution in [0.2, 0.25) is 0 Å². The van der Waals surface area contributed by atoms with Crippen LogP contribution in [0.5, 0.6) is 0 Å². The van der Waals surface area contributed by atoms with Crippen LogP contribution in [0.3, 0.4) is 0 Å². The molecule has 12 heteroatoms. The number of alkyl halides is 2. The maximum Gasteiger partial charge on any atom is 0.350 e. The van der Waals surface area contributed by atoms with Crippen LogP contribution in [-0.4, -0.2) is 35.0 Å². The second-order valence-electron chi connectivity index (χ2n) is 10.2. The molecule has 6 rings (SSSR count). The smallest absolute Gasteiger partial charge is 0.291 e. The van der Waals surface area contributed by atoms with Crippen molar-refractivity contribution in [2.75, 3.05) is 5.43 Å². The summed E-state index contributed by atoms with van der Waals surface area (Å²) < 4.78 is 57.0. The Morgan fingerprint density at radius 1 is 1.18 bits per heavy atom. The van der Waals surface area contributed by atoms with Crippen molar-refractivity contribution in [3.05, 3.63) is 39.0 Å². The summed E-state index contributed by atoms with van der Waals surface area (Å²) in [5.41, 5.74) is -0.507. The SMILES string of the molecule is CC1(NS(=O)(=O)c2ccc3c(c2)c(=O)n(NC(=O)C24CC2C4)c(=O)n3CC2CC2(F)F)CC1. The van der Waals surface area contributed by atoms with E-state index in [1.165, 1.54) is 12.1 Å². The zero-order valence-corrected chi connectivity index (χ0v) is 18.5. The number of benzene rings is 1. The number of halogens is 2. The number of amides is 1. The van der Waals surface area contributed by atoms with Crippen molar-refractivity contribution in [3.63, 3.8) is 0 Å². The van der Waals surface area contributed by atoms with E-state index in [9.17, 15) is 31.6 Å². The van der Waals surface area contributed by atoms with Gasteiger partial charge in [-0.25, -0.2) is 26.7 Å². The number of aromatic nitrogens is 2. The molecule has 0 spiro atoms. The molecule has 1 unspecified atom stereocenters. The van der Waals surface area contributed by atoms with Gasteiger partial charge in [0.1, 0.15) is 0 Å². The zero-order chi connectivity index (χ0) is 23.6. The van der Waals surface area contributed by atoms with Crippen LogP contribution in [0.15, 0.2) is 32.7 Å². The third-order valence-electron chi connectivity index (χ3n) is 7.51. The van der Waals surface area contributed by atoms with Crippen molar-refractivity contribution < 1.29 is 22.0 Å². The number of nitrogens with zero attached hydrogens (tertiary/aromatic N) is 2. The highest BCUT2D eigenvalue weighted by molar-refractivity contribution is 7.89. The monoisotopic (exact) mass is 480 g/mol. The molecule has 1 aromatic carbocycles. The summed E-state index contributed by atoms with van der Waals surface area (Å²) in [6.07, 6.45) is 2.38. The lowest BCUT2D eigenvalue weighted by molar-refractivity contribution is -0.120. The van der Waals surface area contributed by atoms with Crippen LogP contribution in [0.25, 0.3) is 10.9 Å². The first-order valence-corrected chi connectivity index (χ1v) is 12.4. The number of rotatable bonds is 7. The Balaban J connectivity index is 1.47. The number of carbonyl (C=O) groups excluding carboxylic acids is 1. The van der Waals surface area contributed by atoms with E-state index in [0.717, 1.165) is 10.6 Å². The number of carbonyl (C=O) groups is 1. The molecular formula is C21H22F2N4O5S. The van der Waals surface area contributed by atoms with Crippen molar-refractivity contribution in [2.24, 2.45) is 17.3 Å². The van der Waals surface area contributed by atoms with E-state index < -0.39 is 50.0 Å². The first-order valence-electron chi connectivity index (χ1n) is 10.9.